The van der Waals surface area contributed by atoms with E-state index < -0.39 is 8.07 Å². The van der Waals surface area contributed by atoms with Crippen LogP contribution in [-0.4, -0.2) is 22.7 Å². The Bertz CT molecular complexity index is 586. The molecule has 1 aliphatic carbocycles. The van der Waals surface area contributed by atoms with E-state index >= 15 is 0 Å². The number of aryl methyl sites for hydroxylation is 2. The molecular weight excluding hydrogens is 503 g/mol. The number of hydrogen-bond donors (Lipinski definition) is 1. The third-order valence-corrected chi connectivity index (χ3v) is 6.64. The zero-order chi connectivity index (χ0) is 22.1. The molecule has 1 aliphatic rings. The second-order valence-electron chi connectivity index (χ2n) is 8.95. The molecule has 0 fully saturated rings. The minimum atomic E-state index is -1.01. The number of phenolic OH excluding ortho intramolecular Hbond substituents is 1. The van der Waals surface area contributed by atoms with E-state index in [-0.39, 0.29) is 46.5 Å². The van der Waals surface area contributed by atoms with Crippen molar-refractivity contribution in [2.75, 3.05) is 0 Å². The topological polar surface area (TPSA) is 20.2 Å². The van der Waals surface area contributed by atoms with Gasteiger partial charge in [-0.25, -0.2) is 11.3 Å². The van der Waals surface area contributed by atoms with Gasteiger partial charge in [0.2, 0.25) is 0 Å². The second-order valence-corrected chi connectivity index (χ2v) is 15.1. The van der Waals surface area contributed by atoms with Gasteiger partial charge in [0.15, 0.2) is 0 Å². The Hall–Kier alpha value is 0.228. The molecule has 0 heterocycles. The quantitative estimate of drug-likeness (QED) is 0.185. The monoisotopic (exact) mass is 550 g/mol. The van der Waals surface area contributed by atoms with Crippen LogP contribution in [0.3, 0.4) is 0 Å². The SMILES string of the molecule is CCCCCc1cc(O)cc(CCCCC)c1.C[SiH]C.C[Si](C)(C)C1=[C-]CC=C1.Cl.Cl.[Ti]. The summed E-state index contributed by atoms with van der Waals surface area (Å²) in [7, 11) is -0.255. The van der Waals surface area contributed by atoms with E-state index in [4.69, 9.17) is 0 Å². The number of rotatable bonds is 9. The predicted molar refractivity (Wildman–Crippen MR) is 152 cm³/mol. The van der Waals surface area contributed by atoms with Crippen molar-refractivity contribution in [3.63, 3.8) is 0 Å². The van der Waals surface area contributed by atoms with E-state index in [1.54, 1.807) is 0 Å². The normalized spacial score (nSPS) is 11.4. The first-order valence-electron chi connectivity index (χ1n) is 11.6. The molecule has 0 aliphatic heterocycles. The molecule has 0 unspecified atom stereocenters. The fourth-order valence-electron chi connectivity index (χ4n) is 3.11. The van der Waals surface area contributed by atoms with E-state index in [1.165, 1.54) is 54.8 Å². The van der Waals surface area contributed by atoms with Crippen molar-refractivity contribution in [3.05, 3.63) is 52.8 Å². The van der Waals surface area contributed by atoms with Gasteiger partial charge in [0.25, 0.3) is 0 Å². The fourth-order valence-corrected chi connectivity index (χ4v) is 4.36. The number of allylic oxidation sites excluding steroid dienone is 4. The third-order valence-electron chi connectivity index (χ3n) is 4.68. The van der Waals surface area contributed by atoms with Gasteiger partial charge in [-0.1, -0.05) is 78.3 Å². The smallest absolute Gasteiger partial charge is 0.116 e. The van der Waals surface area contributed by atoms with E-state index in [2.05, 4.69) is 70.9 Å². The van der Waals surface area contributed by atoms with E-state index in [1.807, 2.05) is 12.1 Å². The molecule has 0 atom stereocenters. The summed E-state index contributed by atoms with van der Waals surface area (Å²) >= 11 is 0. The van der Waals surface area contributed by atoms with Crippen LogP contribution in [0.15, 0.2) is 35.5 Å². The maximum Gasteiger partial charge on any atom is 0.116 e. The number of hydrogen-bond acceptors (Lipinski definition) is 1. The van der Waals surface area contributed by atoms with Gasteiger partial charge >= 0.3 is 0 Å². The molecule has 0 spiro atoms. The van der Waals surface area contributed by atoms with Crippen LogP contribution in [0.2, 0.25) is 32.7 Å². The van der Waals surface area contributed by atoms with Crippen molar-refractivity contribution >= 4 is 42.4 Å². The molecule has 2 rings (SSSR count). The van der Waals surface area contributed by atoms with Gasteiger partial charge < -0.3 is 5.11 Å². The Morgan fingerprint density at radius 1 is 0.875 bits per heavy atom. The van der Waals surface area contributed by atoms with Crippen molar-refractivity contribution in [1.29, 1.82) is 0 Å². The summed E-state index contributed by atoms with van der Waals surface area (Å²) in [6, 6.07) is 6.10. The minimum absolute atomic E-state index is 0. The van der Waals surface area contributed by atoms with Gasteiger partial charge in [0, 0.05) is 39.3 Å². The van der Waals surface area contributed by atoms with Crippen molar-refractivity contribution in [2.45, 2.75) is 104 Å². The van der Waals surface area contributed by atoms with Crippen molar-refractivity contribution in [1.82, 2.24) is 0 Å². The molecule has 1 aromatic carbocycles. The molecule has 1 radical (unpaired) electrons. The summed E-state index contributed by atoms with van der Waals surface area (Å²) in [4.78, 5) is 0. The summed E-state index contributed by atoms with van der Waals surface area (Å²) in [5.74, 6) is 0.436. The number of aromatic hydroxyl groups is 1. The Morgan fingerprint density at radius 3 is 1.59 bits per heavy atom. The molecule has 0 bridgehead atoms. The van der Waals surface area contributed by atoms with Crippen LogP contribution in [0.5, 0.6) is 5.75 Å². The van der Waals surface area contributed by atoms with Gasteiger partial charge in [-0.05, 0) is 48.9 Å². The van der Waals surface area contributed by atoms with E-state index in [0.29, 0.717) is 5.75 Å². The van der Waals surface area contributed by atoms with Crippen molar-refractivity contribution in [3.8, 4) is 5.75 Å². The van der Waals surface area contributed by atoms with Gasteiger partial charge in [0.05, 0.1) is 0 Å². The van der Waals surface area contributed by atoms with E-state index in [9.17, 15) is 5.11 Å². The Kier molecular flexibility index (Phi) is 30.0. The van der Waals surface area contributed by atoms with Crippen LogP contribution >= 0.6 is 24.8 Å². The van der Waals surface area contributed by atoms with Crippen LogP contribution < -0.4 is 0 Å². The van der Waals surface area contributed by atoms with E-state index in [0.717, 1.165) is 28.8 Å². The molecule has 6 heteroatoms. The standard InChI is InChI=1S/C16H26O.C8H13Si.C2H7Si.2ClH.Ti/c1-3-5-7-9-14-11-15(10-8-6-4-2)13-16(17)12-14;1-9(2,3)8-6-4-5-7-8;1-3-2;;;/h11-13,17H,3-10H2,1-2H3;4,6H,5H2,1-3H3;3H,1-2H3;2*1H;/q;-1;;;;. The molecule has 0 amide bonds. The minimum Gasteiger partial charge on any atom is -0.508 e. The fraction of sp³-hybridized carbons (Fsp3) is 0.615. The van der Waals surface area contributed by atoms with Crippen LogP contribution in [-0.2, 0) is 34.6 Å². The molecule has 1 N–H and O–H groups in total. The van der Waals surface area contributed by atoms with Crippen LogP contribution in [0, 0.1) is 6.08 Å². The third kappa shape index (κ3) is 20.8. The number of benzene rings is 1. The molecule has 0 saturated carbocycles. The zero-order valence-corrected chi connectivity index (χ0v) is 26.9. The average molecular weight is 552 g/mol. The van der Waals surface area contributed by atoms with Crippen molar-refractivity contribution in [2.24, 2.45) is 0 Å². The molecule has 1 aromatic rings. The Morgan fingerprint density at radius 2 is 1.31 bits per heavy atom. The van der Waals surface area contributed by atoms with Crippen LogP contribution in [0.4, 0.5) is 0 Å². The maximum absolute atomic E-state index is 9.71. The first-order valence-corrected chi connectivity index (χ1v) is 17.4. The summed E-state index contributed by atoms with van der Waals surface area (Å²) < 4.78 is 0. The first kappa shape index (κ1) is 39.4. The first-order chi connectivity index (χ1) is 13.8. The van der Waals surface area contributed by atoms with Crippen molar-refractivity contribution < 1.29 is 26.8 Å². The molecule has 0 aromatic heterocycles. The van der Waals surface area contributed by atoms with Crippen LogP contribution in [0.25, 0.3) is 0 Å². The number of unbranched alkanes of at least 4 members (excludes halogenated alkanes) is 4. The summed E-state index contributed by atoms with van der Waals surface area (Å²) in [5, 5.41) is 11.2. The molecule has 32 heavy (non-hydrogen) atoms. The second kappa shape index (κ2) is 24.4. The summed E-state index contributed by atoms with van der Waals surface area (Å²) in [6.07, 6.45) is 18.5. The van der Waals surface area contributed by atoms with Gasteiger partial charge in [-0.15, -0.1) is 31.2 Å². The van der Waals surface area contributed by atoms with Gasteiger partial charge in [-0.2, -0.15) is 6.08 Å². The molecule has 0 saturated heterocycles. The largest absolute Gasteiger partial charge is 0.508 e. The van der Waals surface area contributed by atoms with Gasteiger partial charge in [0.1, 0.15) is 5.75 Å². The predicted octanol–water partition coefficient (Wildman–Crippen LogP) is 8.77. The Labute approximate surface area is 230 Å². The average Bonchev–Trinajstić information content (AvgIpc) is 3.18. The molecular formula is C26H48Cl2OSi2Ti-. The zero-order valence-electron chi connectivity index (χ0n) is 21.6. The molecule has 1 nitrogen and oxygen atoms in total. The summed E-state index contributed by atoms with van der Waals surface area (Å²) in [6.45, 7) is 15.9. The molecule has 185 valence electrons. The number of phenols is 1. The number of halogens is 2. The maximum atomic E-state index is 9.71. The summed E-state index contributed by atoms with van der Waals surface area (Å²) in [5.41, 5.74) is 2.59. The Balaban J connectivity index is -0.000000223. The van der Waals surface area contributed by atoms with Crippen LogP contribution in [0.1, 0.15) is 69.9 Å². The van der Waals surface area contributed by atoms with Gasteiger partial charge in [-0.3, -0.25) is 6.08 Å².